The highest BCUT2D eigenvalue weighted by Crippen LogP contribution is 1.97. The van der Waals surface area contributed by atoms with Crippen LogP contribution in [0, 0.1) is 0 Å². The molecule has 0 saturated heterocycles. The van der Waals surface area contributed by atoms with Crippen molar-refractivity contribution in [3.63, 3.8) is 0 Å². The highest BCUT2D eigenvalue weighted by Gasteiger charge is 2.20. The Kier molecular flexibility index (Phi) is 6.46. The van der Waals surface area contributed by atoms with Gasteiger partial charge in [-0.2, -0.15) is 4.31 Å². The average Bonchev–Trinajstić information content (AvgIpc) is 2.12. The Hall–Kier alpha value is -0.730. The zero-order valence-electron chi connectivity index (χ0n) is 9.39. The molecule has 0 aliphatic heterocycles. The van der Waals surface area contributed by atoms with Crippen LogP contribution in [0.15, 0.2) is 0 Å². The Labute approximate surface area is 101 Å². The van der Waals surface area contributed by atoms with Crippen LogP contribution in [0.1, 0.15) is 13.3 Å². The van der Waals surface area contributed by atoms with Crippen LogP contribution in [0.25, 0.3) is 0 Å². The molecule has 0 heterocycles. The van der Waals surface area contributed by atoms with Gasteiger partial charge in [0.05, 0.1) is 11.5 Å². The van der Waals surface area contributed by atoms with E-state index in [9.17, 15) is 13.2 Å². The van der Waals surface area contributed by atoms with E-state index in [-0.39, 0.29) is 17.4 Å². The molecule has 16 heavy (non-hydrogen) atoms. The summed E-state index contributed by atoms with van der Waals surface area (Å²) >= 11 is 4.52. The van der Waals surface area contributed by atoms with E-state index in [0.29, 0.717) is 6.54 Å². The standard InChI is InChI=1S/C8H17N3O3S2/c1-3-4-10-8(12)5-11(2)16(13,14)6-7(9)15/h3-6H2,1-2H3,(H2,9,15)(H,10,12). The highest BCUT2D eigenvalue weighted by molar-refractivity contribution is 7.92. The number of hydrogen-bond donors (Lipinski definition) is 2. The monoisotopic (exact) mass is 267 g/mol. The van der Waals surface area contributed by atoms with Crippen LogP contribution < -0.4 is 11.1 Å². The maximum absolute atomic E-state index is 11.5. The van der Waals surface area contributed by atoms with Crippen molar-refractivity contribution < 1.29 is 13.2 Å². The Morgan fingerprint density at radius 1 is 1.50 bits per heavy atom. The number of carbonyl (C=O) groups excluding carboxylic acids is 1. The second-order valence-electron chi connectivity index (χ2n) is 3.33. The van der Waals surface area contributed by atoms with Crippen LogP contribution in [0.5, 0.6) is 0 Å². The first-order valence-corrected chi connectivity index (χ1v) is 6.80. The van der Waals surface area contributed by atoms with Crippen LogP contribution >= 0.6 is 12.2 Å². The van der Waals surface area contributed by atoms with Gasteiger partial charge in [0.1, 0.15) is 5.75 Å². The third kappa shape index (κ3) is 5.99. The van der Waals surface area contributed by atoms with Gasteiger partial charge in [-0.15, -0.1) is 0 Å². The van der Waals surface area contributed by atoms with Crippen LogP contribution in [-0.2, 0) is 14.8 Å². The molecule has 0 bridgehead atoms. The third-order valence-corrected chi connectivity index (χ3v) is 3.82. The molecule has 8 heteroatoms. The predicted molar refractivity (Wildman–Crippen MR) is 66.5 cm³/mol. The highest BCUT2D eigenvalue weighted by atomic mass is 32.2. The van der Waals surface area contributed by atoms with Crippen molar-refractivity contribution in [2.45, 2.75) is 13.3 Å². The largest absolute Gasteiger partial charge is 0.392 e. The van der Waals surface area contributed by atoms with E-state index < -0.39 is 15.8 Å². The summed E-state index contributed by atoms with van der Waals surface area (Å²) in [4.78, 5) is 11.2. The normalized spacial score (nSPS) is 11.4. The minimum absolute atomic E-state index is 0.110. The maximum atomic E-state index is 11.5. The lowest BCUT2D eigenvalue weighted by atomic mass is 10.4. The Morgan fingerprint density at radius 2 is 2.06 bits per heavy atom. The number of thiocarbonyl (C=S) groups is 1. The summed E-state index contributed by atoms with van der Waals surface area (Å²) in [7, 11) is -2.25. The molecular weight excluding hydrogens is 250 g/mol. The van der Waals surface area contributed by atoms with Gasteiger partial charge in [-0.1, -0.05) is 19.1 Å². The first-order valence-electron chi connectivity index (χ1n) is 4.78. The number of nitrogens with one attached hydrogen (secondary N) is 1. The fourth-order valence-electron chi connectivity index (χ4n) is 0.911. The molecule has 0 saturated carbocycles. The number of nitrogens with two attached hydrogens (primary N) is 1. The molecule has 0 fully saturated rings. The van der Waals surface area contributed by atoms with Crippen molar-refractivity contribution in [1.82, 2.24) is 9.62 Å². The van der Waals surface area contributed by atoms with Crippen LogP contribution in [0.4, 0.5) is 0 Å². The van der Waals surface area contributed by atoms with Crippen molar-refractivity contribution in [2.75, 3.05) is 25.9 Å². The van der Waals surface area contributed by atoms with E-state index in [4.69, 9.17) is 5.73 Å². The number of nitrogens with zero attached hydrogens (tertiary/aromatic N) is 1. The van der Waals surface area contributed by atoms with Crippen LogP contribution in [-0.4, -0.2) is 49.5 Å². The first kappa shape index (κ1) is 15.3. The Bertz CT molecular complexity index is 354. The molecule has 0 aromatic carbocycles. The molecule has 0 rings (SSSR count). The maximum Gasteiger partial charge on any atom is 0.235 e. The quantitative estimate of drug-likeness (QED) is 0.581. The number of likely N-dealkylation sites (N-methyl/N-ethyl adjacent to an activating group) is 1. The van der Waals surface area contributed by atoms with Gasteiger partial charge in [-0.05, 0) is 6.42 Å². The van der Waals surface area contributed by atoms with Crippen molar-refractivity contribution in [3.8, 4) is 0 Å². The Morgan fingerprint density at radius 3 is 2.50 bits per heavy atom. The Balaban J connectivity index is 4.29. The van der Waals surface area contributed by atoms with Gasteiger partial charge in [-0.3, -0.25) is 4.79 Å². The molecule has 0 spiro atoms. The molecule has 0 aromatic heterocycles. The van der Waals surface area contributed by atoms with Crippen molar-refractivity contribution in [1.29, 1.82) is 0 Å². The van der Waals surface area contributed by atoms with E-state index in [1.165, 1.54) is 7.05 Å². The molecule has 94 valence electrons. The minimum Gasteiger partial charge on any atom is -0.392 e. The van der Waals surface area contributed by atoms with Crippen molar-refractivity contribution >= 4 is 33.1 Å². The van der Waals surface area contributed by atoms with Crippen molar-refractivity contribution in [2.24, 2.45) is 5.73 Å². The second kappa shape index (κ2) is 6.77. The van der Waals surface area contributed by atoms with E-state index in [1.807, 2.05) is 6.92 Å². The molecule has 0 radical (unpaired) electrons. The third-order valence-electron chi connectivity index (χ3n) is 1.74. The fourth-order valence-corrected chi connectivity index (χ4v) is 2.25. The molecule has 0 aliphatic rings. The summed E-state index contributed by atoms with van der Waals surface area (Å²) in [6.07, 6.45) is 0.801. The summed E-state index contributed by atoms with van der Waals surface area (Å²) in [6, 6.07) is 0. The first-order chi connectivity index (χ1) is 7.29. The lowest BCUT2D eigenvalue weighted by molar-refractivity contribution is -0.121. The molecule has 0 aromatic rings. The minimum atomic E-state index is -3.57. The zero-order chi connectivity index (χ0) is 12.8. The topological polar surface area (TPSA) is 92.5 Å². The van der Waals surface area contributed by atoms with Gasteiger partial charge in [0.2, 0.25) is 15.9 Å². The van der Waals surface area contributed by atoms with Crippen LogP contribution in [0.2, 0.25) is 0 Å². The molecule has 0 atom stereocenters. The van der Waals surface area contributed by atoms with Gasteiger partial charge in [-0.25, -0.2) is 8.42 Å². The van der Waals surface area contributed by atoms with E-state index in [2.05, 4.69) is 17.5 Å². The number of sulfonamides is 1. The summed E-state index contributed by atoms with van der Waals surface area (Å²) in [5.74, 6) is -0.754. The average molecular weight is 267 g/mol. The van der Waals surface area contributed by atoms with E-state index in [0.717, 1.165) is 10.7 Å². The van der Waals surface area contributed by atoms with Gasteiger partial charge in [0.15, 0.2) is 0 Å². The lowest BCUT2D eigenvalue weighted by Crippen LogP contribution is -2.41. The van der Waals surface area contributed by atoms with Gasteiger partial charge < -0.3 is 11.1 Å². The van der Waals surface area contributed by atoms with E-state index >= 15 is 0 Å². The molecule has 0 aliphatic carbocycles. The predicted octanol–water partition coefficient (Wildman–Crippen LogP) is -0.940. The zero-order valence-corrected chi connectivity index (χ0v) is 11.0. The molecular formula is C8H17N3O3S2. The molecule has 6 nitrogen and oxygen atoms in total. The molecule has 0 unspecified atom stereocenters. The molecule has 3 N–H and O–H groups in total. The second-order valence-corrected chi connectivity index (χ2v) is 5.93. The summed E-state index contributed by atoms with van der Waals surface area (Å²) in [5.41, 5.74) is 5.15. The van der Waals surface area contributed by atoms with Gasteiger partial charge in [0, 0.05) is 13.6 Å². The smallest absolute Gasteiger partial charge is 0.235 e. The van der Waals surface area contributed by atoms with Crippen LogP contribution in [0.3, 0.4) is 0 Å². The number of amides is 1. The number of carbonyl (C=O) groups is 1. The SMILES string of the molecule is CCCNC(=O)CN(C)S(=O)(=O)CC(N)=S. The lowest BCUT2D eigenvalue weighted by Gasteiger charge is -2.16. The summed E-state index contributed by atoms with van der Waals surface area (Å²) < 4.78 is 24.0. The fraction of sp³-hybridized carbons (Fsp3) is 0.750. The summed E-state index contributed by atoms with van der Waals surface area (Å²) in [5, 5.41) is 2.58. The molecule has 1 amide bonds. The number of rotatable bonds is 7. The van der Waals surface area contributed by atoms with Gasteiger partial charge in [0.25, 0.3) is 0 Å². The van der Waals surface area contributed by atoms with Crippen molar-refractivity contribution in [3.05, 3.63) is 0 Å². The van der Waals surface area contributed by atoms with Gasteiger partial charge >= 0.3 is 0 Å². The number of hydrogen-bond acceptors (Lipinski definition) is 4. The van der Waals surface area contributed by atoms with E-state index in [1.54, 1.807) is 0 Å². The summed E-state index contributed by atoms with van der Waals surface area (Å²) in [6.45, 7) is 2.22.